The van der Waals surface area contributed by atoms with Gasteiger partial charge in [0.05, 0.1) is 11.5 Å². The first-order chi connectivity index (χ1) is 12.0. The summed E-state index contributed by atoms with van der Waals surface area (Å²) in [6.45, 7) is 6.23. The highest BCUT2D eigenvalue weighted by Gasteiger charge is 2.43. The Kier molecular flexibility index (Phi) is 7.87. The van der Waals surface area contributed by atoms with Gasteiger partial charge >= 0.3 is 11.9 Å². The van der Waals surface area contributed by atoms with Gasteiger partial charge in [-0.05, 0) is 46.1 Å². The number of Topliss-reactive ketones (excluding diaryl/α,β-unsaturated/α-hetero) is 1. The molecule has 0 bridgehead atoms. The van der Waals surface area contributed by atoms with Gasteiger partial charge in [0.1, 0.15) is 17.9 Å². The van der Waals surface area contributed by atoms with Gasteiger partial charge < -0.3 is 14.7 Å². The minimum absolute atomic E-state index is 0.114. The predicted molar refractivity (Wildman–Crippen MR) is 98.6 cm³/mol. The normalized spacial score (nSPS) is 17.7. The molecule has 1 atom stereocenters. The summed E-state index contributed by atoms with van der Waals surface area (Å²) in [5.74, 6) is -2.77. The first-order valence-electron chi connectivity index (χ1n) is 8.45. The number of nitrogens with zero attached hydrogens (tertiary/aromatic N) is 1. The number of carboxylic acid groups (broad SMARTS) is 1. The van der Waals surface area contributed by atoms with Gasteiger partial charge in [-0.2, -0.15) is 11.8 Å². The zero-order valence-corrected chi connectivity index (χ0v) is 16.8. The van der Waals surface area contributed by atoms with Gasteiger partial charge in [0.25, 0.3) is 0 Å². The third-order valence-electron chi connectivity index (χ3n) is 3.88. The number of hydrogen-bond acceptors (Lipinski definition) is 6. The van der Waals surface area contributed by atoms with E-state index in [4.69, 9.17) is 4.74 Å². The Hall–Kier alpha value is -1.83. The lowest BCUT2D eigenvalue weighted by molar-refractivity contribution is -0.158. The average molecular weight is 385 g/mol. The lowest BCUT2D eigenvalue weighted by Crippen LogP contribution is -2.37. The summed E-state index contributed by atoms with van der Waals surface area (Å²) in [7, 11) is 0. The van der Waals surface area contributed by atoms with E-state index in [2.05, 4.69) is 0 Å². The molecule has 146 valence electrons. The SMILES string of the molecule is CSCCCC(=O)CC1C(=O)N(CC(=O)OC(C)(C)C)C(C)=C1C(=O)O. The second-order valence-corrected chi connectivity index (χ2v) is 8.19. The van der Waals surface area contributed by atoms with Crippen molar-refractivity contribution in [1.29, 1.82) is 0 Å². The fourth-order valence-corrected chi connectivity index (χ4v) is 3.24. The van der Waals surface area contributed by atoms with E-state index in [1.807, 2.05) is 6.26 Å². The molecular weight excluding hydrogens is 358 g/mol. The van der Waals surface area contributed by atoms with E-state index in [1.165, 1.54) is 6.92 Å². The van der Waals surface area contributed by atoms with Gasteiger partial charge in [0, 0.05) is 18.5 Å². The largest absolute Gasteiger partial charge is 0.478 e. The number of aliphatic carboxylic acids is 1. The molecule has 0 saturated carbocycles. The number of allylic oxidation sites excluding steroid dienone is 1. The van der Waals surface area contributed by atoms with Crippen LogP contribution in [0.1, 0.15) is 47.0 Å². The number of amides is 1. The topological polar surface area (TPSA) is 101 Å². The average Bonchev–Trinajstić information content (AvgIpc) is 2.70. The lowest BCUT2D eigenvalue weighted by atomic mass is 9.93. The standard InChI is InChI=1S/C18H27NO6S/c1-11-15(17(23)24)13(9-12(20)7-6-8-26-5)16(22)19(11)10-14(21)25-18(2,3)4/h13H,6-10H2,1-5H3,(H,23,24). The Balaban J connectivity index is 2.90. The number of ether oxygens (including phenoxy) is 1. The summed E-state index contributed by atoms with van der Waals surface area (Å²) >= 11 is 1.62. The second-order valence-electron chi connectivity index (χ2n) is 7.21. The van der Waals surface area contributed by atoms with Crippen molar-refractivity contribution in [3.05, 3.63) is 11.3 Å². The van der Waals surface area contributed by atoms with Gasteiger partial charge in [0.15, 0.2) is 0 Å². The van der Waals surface area contributed by atoms with Crippen LogP contribution in [0.4, 0.5) is 0 Å². The van der Waals surface area contributed by atoms with E-state index in [0.29, 0.717) is 12.8 Å². The van der Waals surface area contributed by atoms with Gasteiger partial charge in [-0.25, -0.2) is 4.79 Å². The van der Waals surface area contributed by atoms with Crippen molar-refractivity contribution in [2.45, 2.75) is 52.6 Å². The fourth-order valence-electron chi connectivity index (χ4n) is 2.81. The molecule has 1 unspecified atom stereocenters. The molecule has 1 aliphatic heterocycles. The number of carbonyl (C=O) groups is 4. The van der Waals surface area contributed by atoms with E-state index in [-0.39, 0.29) is 30.0 Å². The molecule has 0 aromatic heterocycles. The number of carbonyl (C=O) groups excluding carboxylic acids is 3. The molecule has 8 heteroatoms. The van der Waals surface area contributed by atoms with Crippen LogP contribution < -0.4 is 0 Å². The minimum Gasteiger partial charge on any atom is -0.478 e. The van der Waals surface area contributed by atoms with Crippen molar-refractivity contribution in [3.63, 3.8) is 0 Å². The molecule has 0 spiro atoms. The summed E-state index contributed by atoms with van der Waals surface area (Å²) in [6, 6.07) is 0. The van der Waals surface area contributed by atoms with E-state index in [1.54, 1.807) is 32.5 Å². The molecule has 1 aliphatic rings. The maximum atomic E-state index is 12.7. The van der Waals surface area contributed by atoms with Gasteiger partial charge in [-0.3, -0.25) is 14.4 Å². The highest BCUT2D eigenvalue weighted by molar-refractivity contribution is 7.98. The monoisotopic (exact) mass is 385 g/mol. The molecule has 1 amide bonds. The molecule has 0 aromatic rings. The maximum Gasteiger partial charge on any atom is 0.334 e. The summed E-state index contributed by atoms with van der Waals surface area (Å²) in [4.78, 5) is 49.5. The molecule has 0 aromatic carbocycles. The molecule has 26 heavy (non-hydrogen) atoms. The number of ketones is 1. The number of carboxylic acids is 1. The Bertz CT molecular complexity index is 620. The zero-order chi connectivity index (χ0) is 20.1. The predicted octanol–water partition coefficient (Wildman–Crippen LogP) is 2.25. The number of hydrogen-bond donors (Lipinski definition) is 1. The van der Waals surface area contributed by atoms with Crippen LogP contribution in [-0.4, -0.2) is 57.8 Å². The zero-order valence-electron chi connectivity index (χ0n) is 16.0. The molecular formula is C18H27NO6S. The summed E-state index contributed by atoms with van der Waals surface area (Å²) in [5.41, 5.74) is -0.633. The van der Waals surface area contributed by atoms with Crippen LogP contribution in [0.2, 0.25) is 0 Å². The second kappa shape index (κ2) is 9.21. The van der Waals surface area contributed by atoms with Gasteiger partial charge in [-0.1, -0.05) is 0 Å². The summed E-state index contributed by atoms with van der Waals surface area (Å²) < 4.78 is 5.20. The first kappa shape index (κ1) is 22.2. The van der Waals surface area contributed by atoms with Gasteiger partial charge in [0.2, 0.25) is 5.91 Å². The Labute approximate surface area is 158 Å². The molecule has 0 saturated heterocycles. The molecule has 0 aliphatic carbocycles. The lowest BCUT2D eigenvalue weighted by Gasteiger charge is -2.23. The first-order valence-corrected chi connectivity index (χ1v) is 9.85. The third kappa shape index (κ3) is 6.16. The molecule has 7 nitrogen and oxygen atoms in total. The van der Waals surface area contributed by atoms with Crippen LogP contribution in [-0.2, 0) is 23.9 Å². The van der Waals surface area contributed by atoms with Gasteiger partial charge in [-0.15, -0.1) is 0 Å². The van der Waals surface area contributed by atoms with Crippen LogP contribution >= 0.6 is 11.8 Å². The number of rotatable bonds is 9. The van der Waals surface area contributed by atoms with E-state index >= 15 is 0 Å². The Morgan fingerprint density at radius 1 is 1.27 bits per heavy atom. The minimum atomic E-state index is -1.25. The van der Waals surface area contributed by atoms with E-state index < -0.39 is 29.4 Å². The molecule has 1 rings (SSSR count). The third-order valence-corrected chi connectivity index (χ3v) is 4.58. The van der Waals surface area contributed by atoms with Crippen molar-refractivity contribution >= 4 is 35.4 Å². The van der Waals surface area contributed by atoms with Crippen LogP contribution in [0.25, 0.3) is 0 Å². The van der Waals surface area contributed by atoms with E-state index in [0.717, 1.165) is 10.7 Å². The van der Waals surface area contributed by atoms with E-state index in [9.17, 15) is 24.3 Å². The highest BCUT2D eigenvalue weighted by atomic mass is 32.2. The summed E-state index contributed by atoms with van der Waals surface area (Å²) in [6.07, 6.45) is 2.78. The van der Waals surface area contributed by atoms with Crippen LogP contribution in [0.5, 0.6) is 0 Å². The molecule has 0 radical (unpaired) electrons. The van der Waals surface area contributed by atoms with Crippen molar-refractivity contribution in [1.82, 2.24) is 4.90 Å². The van der Waals surface area contributed by atoms with Crippen molar-refractivity contribution in [3.8, 4) is 0 Å². The van der Waals surface area contributed by atoms with Crippen LogP contribution in [0, 0.1) is 5.92 Å². The number of esters is 1. The van der Waals surface area contributed by atoms with Crippen molar-refractivity contribution in [2.75, 3.05) is 18.6 Å². The van der Waals surface area contributed by atoms with Crippen LogP contribution in [0.15, 0.2) is 11.3 Å². The molecule has 1 N–H and O–H groups in total. The smallest absolute Gasteiger partial charge is 0.334 e. The quantitative estimate of drug-likeness (QED) is 0.480. The number of thioether (sulfide) groups is 1. The Morgan fingerprint density at radius 3 is 2.38 bits per heavy atom. The highest BCUT2D eigenvalue weighted by Crippen LogP contribution is 2.32. The molecule has 0 fully saturated rings. The molecule has 1 heterocycles. The van der Waals surface area contributed by atoms with Crippen LogP contribution in [0.3, 0.4) is 0 Å². The summed E-state index contributed by atoms with van der Waals surface area (Å²) in [5, 5.41) is 9.47. The van der Waals surface area contributed by atoms with Crippen molar-refractivity contribution in [2.24, 2.45) is 5.92 Å². The fraction of sp³-hybridized carbons (Fsp3) is 0.667. The maximum absolute atomic E-state index is 12.7. The van der Waals surface area contributed by atoms with Crippen molar-refractivity contribution < 1.29 is 29.0 Å². The Morgan fingerprint density at radius 2 is 1.88 bits per heavy atom.